The molecule has 0 fully saturated rings. The first-order valence-corrected chi connectivity index (χ1v) is 8.16. The van der Waals surface area contributed by atoms with E-state index in [1.807, 2.05) is 11.4 Å². The van der Waals surface area contributed by atoms with E-state index in [0.29, 0.717) is 30.0 Å². The number of methoxy groups -OCH3 is 1. The van der Waals surface area contributed by atoms with E-state index >= 15 is 0 Å². The highest BCUT2D eigenvalue weighted by molar-refractivity contribution is 7.07. The van der Waals surface area contributed by atoms with Crippen LogP contribution in [0.3, 0.4) is 0 Å². The molecule has 0 aliphatic rings. The summed E-state index contributed by atoms with van der Waals surface area (Å²) in [7, 11) is 1.63. The lowest BCUT2D eigenvalue weighted by molar-refractivity contribution is 0.281. The Morgan fingerprint density at radius 1 is 1.33 bits per heavy atom. The molecule has 0 bridgehead atoms. The minimum Gasteiger partial charge on any atom is -0.493 e. The van der Waals surface area contributed by atoms with Gasteiger partial charge in [-0.1, -0.05) is 25.4 Å². The molecular weight excluding hydrogens is 306 g/mol. The van der Waals surface area contributed by atoms with E-state index in [1.165, 1.54) is 0 Å². The third-order valence-corrected chi connectivity index (χ3v) is 3.93. The summed E-state index contributed by atoms with van der Waals surface area (Å²) in [4.78, 5) is 0. The maximum atomic E-state index is 6.15. The van der Waals surface area contributed by atoms with Gasteiger partial charge in [0.25, 0.3) is 0 Å². The van der Waals surface area contributed by atoms with Crippen molar-refractivity contribution in [2.75, 3.05) is 7.11 Å². The summed E-state index contributed by atoms with van der Waals surface area (Å²) in [6.07, 6.45) is 0. The van der Waals surface area contributed by atoms with Crippen LogP contribution in [0, 0.1) is 0 Å². The van der Waals surface area contributed by atoms with E-state index < -0.39 is 0 Å². The van der Waals surface area contributed by atoms with Gasteiger partial charge in [0.15, 0.2) is 11.5 Å². The number of rotatable bonds is 7. The third kappa shape index (κ3) is 4.63. The van der Waals surface area contributed by atoms with Crippen LogP contribution < -0.4 is 14.8 Å². The van der Waals surface area contributed by atoms with Gasteiger partial charge in [-0.15, -0.1) is 0 Å². The minimum atomic E-state index is 0.389. The van der Waals surface area contributed by atoms with Gasteiger partial charge in [-0.3, -0.25) is 0 Å². The maximum Gasteiger partial charge on any atom is 0.166 e. The molecule has 0 atom stereocenters. The molecule has 2 aromatic rings. The fraction of sp³-hybridized carbons (Fsp3) is 0.375. The molecule has 21 heavy (non-hydrogen) atoms. The first-order chi connectivity index (χ1) is 10.1. The van der Waals surface area contributed by atoms with Crippen LogP contribution in [0.5, 0.6) is 11.5 Å². The van der Waals surface area contributed by atoms with Crippen molar-refractivity contribution < 1.29 is 9.47 Å². The van der Waals surface area contributed by atoms with Gasteiger partial charge in [-0.2, -0.15) is 11.3 Å². The van der Waals surface area contributed by atoms with Crippen LogP contribution in [0.2, 0.25) is 5.02 Å². The van der Waals surface area contributed by atoms with Crippen molar-refractivity contribution in [2.24, 2.45) is 0 Å². The molecule has 114 valence electrons. The molecule has 0 amide bonds. The number of ether oxygens (including phenoxy) is 2. The Kier molecular flexibility index (Phi) is 5.91. The van der Waals surface area contributed by atoms with Crippen molar-refractivity contribution >= 4 is 22.9 Å². The van der Waals surface area contributed by atoms with Crippen LogP contribution in [0.25, 0.3) is 0 Å². The van der Waals surface area contributed by atoms with Gasteiger partial charge in [0.05, 0.1) is 7.11 Å². The van der Waals surface area contributed by atoms with Gasteiger partial charge in [0, 0.05) is 29.2 Å². The molecule has 0 aliphatic carbocycles. The average Bonchev–Trinajstić information content (AvgIpc) is 2.96. The Hall–Kier alpha value is -1.23. The molecule has 0 saturated heterocycles. The standard InChI is InChI=1S/C16H20ClNO2S/c1-11(2)18-8-13-6-14(17)7-15(19-3)16(13)20-9-12-4-5-21-10-12/h4-7,10-11,18H,8-9H2,1-3H3. The first-order valence-electron chi connectivity index (χ1n) is 6.83. The lowest BCUT2D eigenvalue weighted by atomic mass is 10.1. The second kappa shape index (κ2) is 7.69. The smallest absolute Gasteiger partial charge is 0.166 e. The number of thiophene rings is 1. The number of nitrogens with one attached hydrogen (secondary N) is 1. The quantitative estimate of drug-likeness (QED) is 0.813. The fourth-order valence-electron chi connectivity index (χ4n) is 1.91. The SMILES string of the molecule is COc1cc(Cl)cc(CNC(C)C)c1OCc1ccsc1. The summed E-state index contributed by atoms with van der Waals surface area (Å²) >= 11 is 7.81. The number of hydrogen-bond donors (Lipinski definition) is 1. The Morgan fingerprint density at radius 3 is 2.76 bits per heavy atom. The van der Waals surface area contributed by atoms with E-state index in [2.05, 4.69) is 30.6 Å². The summed E-state index contributed by atoms with van der Waals surface area (Å²) < 4.78 is 11.4. The minimum absolute atomic E-state index is 0.389. The van der Waals surface area contributed by atoms with Crippen molar-refractivity contribution in [3.05, 3.63) is 45.1 Å². The molecule has 3 nitrogen and oxygen atoms in total. The summed E-state index contributed by atoms with van der Waals surface area (Å²) in [5.41, 5.74) is 2.16. The molecule has 0 radical (unpaired) electrons. The lowest BCUT2D eigenvalue weighted by Crippen LogP contribution is -2.22. The second-order valence-corrected chi connectivity index (χ2v) is 6.27. The molecule has 0 saturated carbocycles. The summed E-state index contributed by atoms with van der Waals surface area (Å²) in [6.45, 7) is 5.42. The third-order valence-electron chi connectivity index (χ3n) is 2.98. The predicted molar refractivity (Wildman–Crippen MR) is 88.6 cm³/mol. The largest absolute Gasteiger partial charge is 0.493 e. The number of benzene rings is 1. The monoisotopic (exact) mass is 325 g/mol. The summed E-state index contributed by atoms with van der Waals surface area (Å²) in [6, 6.07) is 6.14. The van der Waals surface area contributed by atoms with Gasteiger partial charge >= 0.3 is 0 Å². The Morgan fingerprint density at radius 2 is 2.14 bits per heavy atom. The fourth-order valence-corrected chi connectivity index (χ4v) is 2.80. The van der Waals surface area contributed by atoms with Crippen molar-refractivity contribution in [1.82, 2.24) is 5.32 Å². The molecular formula is C16H20ClNO2S. The van der Waals surface area contributed by atoms with Crippen molar-refractivity contribution in [3.63, 3.8) is 0 Å². The van der Waals surface area contributed by atoms with E-state index in [9.17, 15) is 0 Å². The molecule has 1 heterocycles. The van der Waals surface area contributed by atoms with Crippen molar-refractivity contribution in [2.45, 2.75) is 33.0 Å². The van der Waals surface area contributed by atoms with E-state index in [4.69, 9.17) is 21.1 Å². The van der Waals surface area contributed by atoms with E-state index in [1.54, 1.807) is 24.5 Å². The second-order valence-electron chi connectivity index (χ2n) is 5.05. The predicted octanol–water partition coefficient (Wildman–Crippen LogP) is 4.49. The molecule has 1 aromatic carbocycles. The zero-order valence-electron chi connectivity index (χ0n) is 12.5. The zero-order valence-corrected chi connectivity index (χ0v) is 14.1. The number of halogens is 1. The van der Waals surface area contributed by atoms with Gasteiger partial charge in [-0.05, 0) is 28.5 Å². The van der Waals surface area contributed by atoms with Crippen molar-refractivity contribution in [1.29, 1.82) is 0 Å². The highest BCUT2D eigenvalue weighted by Crippen LogP contribution is 2.35. The lowest BCUT2D eigenvalue weighted by Gasteiger charge is -2.17. The Balaban J connectivity index is 2.21. The Bertz CT molecular complexity index is 570. The van der Waals surface area contributed by atoms with Gasteiger partial charge < -0.3 is 14.8 Å². The van der Waals surface area contributed by atoms with Crippen LogP contribution in [0.15, 0.2) is 29.0 Å². The molecule has 0 aliphatic heterocycles. The molecule has 5 heteroatoms. The van der Waals surface area contributed by atoms with Crippen molar-refractivity contribution in [3.8, 4) is 11.5 Å². The normalized spacial score (nSPS) is 10.9. The van der Waals surface area contributed by atoms with Crippen LogP contribution >= 0.6 is 22.9 Å². The Labute approximate surface area is 134 Å². The highest BCUT2D eigenvalue weighted by atomic mass is 35.5. The van der Waals surface area contributed by atoms with Crippen LogP contribution in [-0.2, 0) is 13.2 Å². The topological polar surface area (TPSA) is 30.5 Å². The molecule has 1 N–H and O–H groups in total. The number of hydrogen-bond acceptors (Lipinski definition) is 4. The average molecular weight is 326 g/mol. The first kappa shape index (κ1) is 16.1. The molecule has 2 rings (SSSR count). The molecule has 0 unspecified atom stereocenters. The van der Waals surface area contributed by atoms with E-state index in [-0.39, 0.29) is 0 Å². The van der Waals surface area contributed by atoms with Crippen LogP contribution in [0.1, 0.15) is 25.0 Å². The van der Waals surface area contributed by atoms with Gasteiger partial charge in [-0.25, -0.2) is 0 Å². The maximum absolute atomic E-state index is 6.15. The molecule has 0 spiro atoms. The van der Waals surface area contributed by atoms with Crippen LogP contribution in [0.4, 0.5) is 0 Å². The van der Waals surface area contributed by atoms with E-state index in [0.717, 1.165) is 16.9 Å². The zero-order chi connectivity index (χ0) is 15.2. The summed E-state index contributed by atoms with van der Waals surface area (Å²) in [5.74, 6) is 1.42. The van der Waals surface area contributed by atoms with Gasteiger partial charge in [0.1, 0.15) is 6.61 Å². The molecule has 1 aromatic heterocycles. The van der Waals surface area contributed by atoms with Crippen LogP contribution in [-0.4, -0.2) is 13.2 Å². The van der Waals surface area contributed by atoms with Gasteiger partial charge in [0.2, 0.25) is 0 Å². The summed E-state index contributed by atoms with van der Waals surface area (Å²) in [5, 5.41) is 8.15. The highest BCUT2D eigenvalue weighted by Gasteiger charge is 2.13.